The van der Waals surface area contributed by atoms with Crippen molar-refractivity contribution in [2.24, 2.45) is 0 Å². The molecule has 0 radical (unpaired) electrons. The maximum atomic E-state index is 9.73. The summed E-state index contributed by atoms with van der Waals surface area (Å²) in [7, 11) is 1.86. The highest BCUT2D eigenvalue weighted by Gasteiger charge is 2.34. The summed E-state index contributed by atoms with van der Waals surface area (Å²) >= 11 is 0. The van der Waals surface area contributed by atoms with Gasteiger partial charge in [-0.2, -0.15) is 5.26 Å². The number of nitrogens with zero attached hydrogens (tertiary/aromatic N) is 2. The van der Waals surface area contributed by atoms with Gasteiger partial charge in [0.05, 0.1) is 12.2 Å². The van der Waals surface area contributed by atoms with Gasteiger partial charge in [0.2, 0.25) is 0 Å². The molecule has 1 heterocycles. The lowest BCUT2D eigenvalue weighted by molar-refractivity contribution is 0.0103. The van der Waals surface area contributed by atoms with Crippen molar-refractivity contribution >= 4 is 0 Å². The van der Waals surface area contributed by atoms with Gasteiger partial charge in [0.1, 0.15) is 5.54 Å². The highest BCUT2D eigenvalue weighted by molar-refractivity contribution is 5.32. The molecule has 1 aromatic rings. The molecule has 0 aromatic heterocycles. The lowest BCUT2D eigenvalue weighted by Crippen LogP contribution is -2.51. The van der Waals surface area contributed by atoms with Crippen LogP contribution in [0.1, 0.15) is 25.3 Å². The van der Waals surface area contributed by atoms with Gasteiger partial charge >= 0.3 is 0 Å². The Kier molecular flexibility index (Phi) is 5.75. The van der Waals surface area contributed by atoms with Crippen LogP contribution in [0.25, 0.3) is 0 Å². The number of benzene rings is 1. The lowest BCUT2D eigenvalue weighted by Gasteiger charge is -2.37. The van der Waals surface area contributed by atoms with Crippen LogP contribution in [0.2, 0.25) is 0 Å². The number of ether oxygens (including phenoxy) is 1. The molecule has 1 aromatic carbocycles. The van der Waals surface area contributed by atoms with Crippen LogP contribution in [-0.4, -0.2) is 44.3 Å². The quantitative estimate of drug-likeness (QED) is 0.871. The molecule has 1 unspecified atom stereocenters. The summed E-state index contributed by atoms with van der Waals surface area (Å²) < 4.78 is 5.69. The van der Waals surface area contributed by atoms with Gasteiger partial charge in [-0.25, -0.2) is 0 Å². The minimum Gasteiger partial charge on any atom is -0.378 e. The first-order chi connectivity index (χ1) is 10.2. The molecule has 1 aliphatic heterocycles. The molecule has 0 aliphatic carbocycles. The fraction of sp³-hybridized carbons (Fsp3) is 0.588. The lowest BCUT2D eigenvalue weighted by atomic mass is 9.90. The van der Waals surface area contributed by atoms with Crippen LogP contribution in [0.3, 0.4) is 0 Å². The van der Waals surface area contributed by atoms with E-state index in [0.717, 1.165) is 38.1 Å². The zero-order valence-corrected chi connectivity index (χ0v) is 13.0. The molecule has 1 N–H and O–H groups in total. The molecular formula is C17H25N3O. The van der Waals surface area contributed by atoms with Gasteiger partial charge in [0, 0.05) is 26.2 Å². The van der Waals surface area contributed by atoms with E-state index in [1.807, 2.05) is 44.3 Å². The summed E-state index contributed by atoms with van der Waals surface area (Å²) in [5.74, 6) is 0. The van der Waals surface area contributed by atoms with E-state index in [2.05, 4.69) is 16.3 Å². The van der Waals surface area contributed by atoms with Crippen LogP contribution in [0.15, 0.2) is 30.3 Å². The van der Waals surface area contributed by atoms with E-state index in [4.69, 9.17) is 4.74 Å². The second-order valence-corrected chi connectivity index (χ2v) is 5.56. The third kappa shape index (κ3) is 3.82. The molecular weight excluding hydrogens is 262 g/mol. The standard InChI is InChI=1S/C17H25N3O/c1-3-21-16-9-11-20(12-10-16)14-17(13-18,19-2)15-7-5-4-6-8-15/h4-8,16,19H,3,9-12,14H2,1-2H3. The van der Waals surface area contributed by atoms with E-state index >= 15 is 0 Å². The molecule has 0 bridgehead atoms. The van der Waals surface area contributed by atoms with Crippen LogP contribution in [0.5, 0.6) is 0 Å². The van der Waals surface area contributed by atoms with Crippen molar-refractivity contribution in [1.29, 1.82) is 5.26 Å². The van der Waals surface area contributed by atoms with Crippen LogP contribution in [0.4, 0.5) is 0 Å². The Balaban J connectivity index is 2.03. The summed E-state index contributed by atoms with van der Waals surface area (Å²) in [5, 5.41) is 13.0. The third-order valence-electron chi connectivity index (χ3n) is 4.28. The number of nitrogens with one attached hydrogen (secondary N) is 1. The molecule has 4 nitrogen and oxygen atoms in total. The van der Waals surface area contributed by atoms with Gasteiger partial charge in [-0.05, 0) is 32.4 Å². The van der Waals surface area contributed by atoms with Crippen molar-refractivity contribution in [3.8, 4) is 6.07 Å². The number of likely N-dealkylation sites (N-methyl/N-ethyl adjacent to an activating group) is 1. The molecule has 1 fully saturated rings. The van der Waals surface area contributed by atoms with E-state index in [-0.39, 0.29) is 0 Å². The molecule has 0 spiro atoms. The fourth-order valence-corrected chi connectivity index (χ4v) is 3.00. The van der Waals surface area contributed by atoms with Crippen molar-refractivity contribution < 1.29 is 4.74 Å². The Morgan fingerprint density at radius 1 is 1.33 bits per heavy atom. The topological polar surface area (TPSA) is 48.3 Å². The van der Waals surface area contributed by atoms with Crippen LogP contribution in [0, 0.1) is 11.3 Å². The molecule has 21 heavy (non-hydrogen) atoms. The van der Waals surface area contributed by atoms with E-state index in [1.165, 1.54) is 0 Å². The summed E-state index contributed by atoms with van der Waals surface area (Å²) in [6, 6.07) is 12.5. The van der Waals surface area contributed by atoms with Crippen molar-refractivity contribution in [1.82, 2.24) is 10.2 Å². The van der Waals surface area contributed by atoms with Crippen LogP contribution < -0.4 is 5.32 Å². The highest BCUT2D eigenvalue weighted by atomic mass is 16.5. The Labute approximate surface area is 127 Å². The number of hydrogen-bond donors (Lipinski definition) is 1. The second-order valence-electron chi connectivity index (χ2n) is 5.56. The zero-order chi connectivity index (χ0) is 15.1. The minimum absolute atomic E-state index is 0.383. The fourth-order valence-electron chi connectivity index (χ4n) is 3.00. The number of piperidine rings is 1. The van der Waals surface area contributed by atoms with Crippen LogP contribution in [-0.2, 0) is 10.3 Å². The average Bonchev–Trinajstić information content (AvgIpc) is 2.55. The number of rotatable bonds is 6. The minimum atomic E-state index is -0.639. The Morgan fingerprint density at radius 3 is 2.52 bits per heavy atom. The van der Waals surface area contributed by atoms with Crippen molar-refractivity contribution in [2.75, 3.05) is 33.3 Å². The van der Waals surface area contributed by atoms with E-state index in [1.54, 1.807) is 0 Å². The average molecular weight is 287 g/mol. The number of hydrogen-bond acceptors (Lipinski definition) is 4. The van der Waals surface area contributed by atoms with Gasteiger partial charge < -0.3 is 4.74 Å². The molecule has 0 saturated carbocycles. The molecule has 2 rings (SSSR count). The number of nitriles is 1. The summed E-state index contributed by atoms with van der Waals surface area (Å²) in [6.07, 6.45) is 2.48. The van der Waals surface area contributed by atoms with Gasteiger partial charge in [-0.15, -0.1) is 0 Å². The second kappa shape index (κ2) is 7.56. The highest BCUT2D eigenvalue weighted by Crippen LogP contribution is 2.24. The molecule has 1 saturated heterocycles. The van der Waals surface area contributed by atoms with Gasteiger partial charge in [0.25, 0.3) is 0 Å². The predicted octanol–water partition coefficient (Wildman–Crippen LogP) is 2.13. The molecule has 1 aliphatic rings. The monoisotopic (exact) mass is 287 g/mol. The first kappa shape index (κ1) is 16.0. The molecule has 4 heteroatoms. The largest absolute Gasteiger partial charge is 0.378 e. The van der Waals surface area contributed by atoms with Gasteiger partial charge in [-0.1, -0.05) is 30.3 Å². The van der Waals surface area contributed by atoms with E-state index < -0.39 is 5.54 Å². The summed E-state index contributed by atoms with van der Waals surface area (Å²) in [4.78, 5) is 2.36. The molecule has 114 valence electrons. The van der Waals surface area contributed by atoms with Crippen molar-refractivity contribution in [3.05, 3.63) is 35.9 Å². The first-order valence-corrected chi connectivity index (χ1v) is 7.73. The SMILES string of the molecule is CCOC1CCN(CC(C#N)(NC)c2ccccc2)CC1. The first-order valence-electron chi connectivity index (χ1n) is 7.73. The maximum Gasteiger partial charge on any atom is 0.144 e. The van der Waals surface area contributed by atoms with Gasteiger partial charge in [0.15, 0.2) is 0 Å². The smallest absolute Gasteiger partial charge is 0.144 e. The van der Waals surface area contributed by atoms with Crippen LogP contribution >= 0.6 is 0 Å². The van der Waals surface area contributed by atoms with E-state index in [0.29, 0.717) is 12.6 Å². The van der Waals surface area contributed by atoms with E-state index in [9.17, 15) is 5.26 Å². The third-order valence-corrected chi connectivity index (χ3v) is 4.28. The normalized spacial score (nSPS) is 19.9. The Hall–Kier alpha value is -1.41. The molecule has 1 atom stereocenters. The Bertz CT molecular complexity index is 463. The zero-order valence-electron chi connectivity index (χ0n) is 13.0. The van der Waals surface area contributed by atoms with Crippen molar-refractivity contribution in [2.45, 2.75) is 31.4 Å². The van der Waals surface area contributed by atoms with Crippen molar-refractivity contribution in [3.63, 3.8) is 0 Å². The summed E-state index contributed by atoms with van der Waals surface area (Å²) in [5.41, 5.74) is 0.390. The van der Waals surface area contributed by atoms with Gasteiger partial charge in [-0.3, -0.25) is 10.2 Å². The molecule has 0 amide bonds. The summed E-state index contributed by atoms with van der Waals surface area (Å²) in [6.45, 7) is 5.52. The Morgan fingerprint density at radius 2 is 2.00 bits per heavy atom. The number of likely N-dealkylation sites (tertiary alicyclic amines) is 1. The predicted molar refractivity (Wildman–Crippen MR) is 83.9 cm³/mol. The maximum absolute atomic E-state index is 9.73.